The number of Topliss-reactive ketones (excluding diaryl/α,β-unsaturated/α-hetero) is 1. The molecule has 0 spiro atoms. The third-order valence-electron chi connectivity index (χ3n) is 7.61. The van der Waals surface area contributed by atoms with Gasteiger partial charge in [0.1, 0.15) is 0 Å². The molecular formula is C33H32N4O. The Bertz CT molecular complexity index is 1360. The number of ketones is 1. The van der Waals surface area contributed by atoms with Crippen LogP contribution in [0, 0.1) is 5.92 Å². The van der Waals surface area contributed by atoms with Gasteiger partial charge in [-0.1, -0.05) is 103 Å². The zero-order chi connectivity index (χ0) is 25.7. The normalized spacial score (nSPS) is 18.2. The van der Waals surface area contributed by atoms with Gasteiger partial charge in [-0.05, 0) is 29.0 Å². The summed E-state index contributed by atoms with van der Waals surface area (Å²) in [6.45, 7) is 3.52. The first-order valence-corrected chi connectivity index (χ1v) is 13.5. The van der Waals surface area contributed by atoms with Crippen molar-refractivity contribution in [3.8, 4) is 0 Å². The van der Waals surface area contributed by atoms with E-state index < -0.39 is 0 Å². The molecule has 0 saturated carbocycles. The summed E-state index contributed by atoms with van der Waals surface area (Å²) in [7, 11) is 0. The van der Waals surface area contributed by atoms with E-state index >= 15 is 0 Å². The average Bonchev–Trinajstić information content (AvgIpc) is 2.98. The monoisotopic (exact) mass is 500 g/mol. The summed E-state index contributed by atoms with van der Waals surface area (Å²) < 4.78 is 0. The third-order valence-corrected chi connectivity index (χ3v) is 7.61. The number of aromatic nitrogens is 2. The summed E-state index contributed by atoms with van der Waals surface area (Å²) in [5.74, 6) is 1.03. The molecule has 0 N–H and O–H groups in total. The maximum Gasteiger partial charge on any atom is 0.225 e. The van der Waals surface area contributed by atoms with Gasteiger partial charge in [0.05, 0.1) is 17.3 Å². The lowest BCUT2D eigenvalue weighted by atomic mass is 9.86. The summed E-state index contributed by atoms with van der Waals surface area (Å²) in [6.07, 6.45) is 7.30. The third kappa shape index (κ3) is 5.29. The van der Waals surface area contributed by atoms with Gasteiger partial charge in [0.2, 0.25) is 5.95 Å². The molecule has 1 atom stereocenters. The van der Waals surface area contributed by atoms with E-state index in [2.05, 4.69) is 99.7 Å². The molecule has 5 nitrogen and oxygen atoms in total. The minimum absolute atomic E-state index is 0.138. The summed E-state index contributed by atoms with van der Waals surface area (Å²) in [6, 6.07) is 31.9. The van der Waals surface area contributed by atoms with Gasteiger partial charge < -0.3 is 4.90 Å². The SMILES string of the molecule is O=C1CC(/C=C/c2ccccc2)Cc2nc(N3CCN(C(c4ccccc4)c4ccccc4)CC3)ncc21. The van der Waals surface area contributed by atoms with Crippen LogP contribution in [0.25, 0.3) is 6.08 Å². The van der Waals surface area contributed by atoms with Gasteiger partial charge in [0.25, 0.3) is 0 Å². The zero-order valence-corrected chi connectivity index (χ0v) is 21.5. The lowest BCUT2D eigenvalue weighted by Crippen LogP contribution is -2.48. The standard InChI is InChI=1S/C33H32N4O/c38-31-23-26(17-16-25-10-4-1-5-11-25)22-30-29(31)24-34-33(35-30)37-20-18-36(19-21-37)32(27-12-6-2-7-13-27)28-14-8-3-9-15-28/h1-17,24,26,32H,18-23H2/b17-16+. The predicted octanol–water partition coefficient (Wildman–Crippen LogP) is 5.85. The number of anilines is 1. The number of hydrogen-bond donors (Lipinski definition) is 0. The molecule has 1 saturated heterocycles. The second kappa shape index (κ2) is 11.1. The van der Waals surface area contributed by atoms with Crippen LogP contribution in [0.2, 0.25) is 0 Å². The molecule has 1 aliphatic heterocycles. The number of carbonyl (C=O) groups excluding carboxylic acids is 1. The first-order chi connectivity index (χ1) is 18.7. The average molecular weight is 501 g/mol. The van der Waals surface area contributed by atoms with Crippen LogP contribution in [-0.4, -0.2) is 46.8 Å². The molecular weight excluding hydrogens is 468 g/mol. The topological polar surface area (TPSA) is 49.3 Å². The van der Waals surface area contributed by atoms with Crippen LogP contribution in [0.3, 0.4) is 0 Å². The molecule has 0 amide bonds. The molecule has 190 valence electrons. The first-order valence-electron chi connectivity index (χ1n) is 13.5. The molecule has 3 aromatic carbocycles. The van der Waals surface area contributed by atoms with Crippen molar-refractivity contribution in [2.45, 2.75) is 18.9 Å². The highest BCUT2D eigenvalue weighted by Crippen LogP contribution is 2.31. The van der Waals surface area contributed by atoms with Crippen molar-refractivity contribution in [2.75, 3.05) is 31.1 Å². The number of rotatable bonds is 6. The number of fused-ring (bicyclic) bond motifs is 1. The molecule has 1 aromatic heterocycles. The summed E-state index contributed by atoms with van der Waals surface area (Å²) in [5, 5.41) is 0. The van der Waals surface area contributed by atoms with Crippen molar-refractivity contribution in [3.63, 3.8) is 0 Å². The lowest BCUT2D eigenvalue weighted by Gasteiger charge is -2.40. The Hall–Kier alpha value is -4.09. The minimum Gasteiger partial charge on any atom is -0.338 e. The van der Waals surface area contributed by atoms with Crippen LogP contribution >= 0.6 is 0 Å². The van der Waals surface area contributed by atoms with Crippen molar-refractivity contribution < 1.29 is 4.79 Å². The van der Waals surface area contributed by atoms with Crippen LogP contribution in [0.5, 0.6) is 0 Å². The second-order valence-electron chi connectivity index (χ2n) is 10.1. The first kappa shape index (κ1) is 24.3. The Morgan fingerprint density at radius 1 is 0.763 bits per heavy atom. The van der Waals surface area contributed by atoms with Crippen LogP contribution in [0.1, 0.15) is 45.2 Å². The summed E-state index contributed by atoms with van der Waals surface area (Å²) in [4.78, 5) is 27.2. The number of nitrogens with zero attached hydrogens (tertiary/aromatic N) is 4. The molecule has 38 heavy (non-hydrogen) atoms. The molecule has 2 aliphatic rings. The van der Waals surface area contributed by atoms with Crippen molar-refractivity contribution in [1.29, 1.82) is 0 Å². The van der Waals surface area contributed by atoms with E-state index in [1.54, 1.807) is 6.20 Å². The van der Waals surface area contributed by atoms with Gasteiger partial charge in [-0.2, -0.15) is 0 Å². The predicted molar refractivity (Wildman–Crippen MR) is 152 cm³/mol. The molecule has 2 heterocycles. The highest BCUT2D eigenvalue weighted by molar-refractivity contribution is 5.98. The van der Waals surface area contributed by atoms with E-state index in [-0.39, 0.29) is 17.7 Å². The van der Waals surface area contributed by atoms with Gasteiger partial charge in [0, 0.05) is 38.8 Å². The fraction of sp³-hybridized carbons (Fsp3) is 0.242. The Morgan fingerprint density at radius 3 is 2.00 bits per heavy atom. The summed E-state index contributed by atoms with van der Waals surface area (Å²) in [5.41, 5.74) is 5.33. The number of piperazine rings is 1. The van der Waals surface area contributed by atoms with Gasteiger partial charge in [-0.15, -0.1) is 0 Å². The molecule has 1 aliphatic carbocycles. The molecule has 1 unspecified atom stereocenters. The Morgan fingerprint density at radius 2 is 1.37 bits per heavy atom. The smallest absolute Gasteiger partial charge is 0.225 e. The van der Waals surface area contributed by atoms with Crippen LogP contribution in [0.15, 0.2) is 103 Å². The van der Waals surface area contributed by atoms with Gasteiger partial charge in [0.15, 0.2) is 5.78 Å². The van der Waals surface area contributed by atoms with Crippen molar-refractivity contribution in [1.82, 2.24) is 14.9 Å². The Balaban J connectivity index is 1.16. The van der Waals surface area contributed by atoms with E-state index in [0.717, 1.165) is 49.8 Å². The van der Waals surface area contributed by atoms with Crippen LogP contribution < -0.4 is 4.90 Å². The fourth-order valence-corrected chi connectivity index (χ4v) is 5.63. The van der Waals surface area contributed by atoms with E-state index in [1.165, 1.54) is 11.1 Å². The number of allylic oxidation sites excluding steroid dienone is 1. The highest BCUT2D eigenvalue weighted by Gasteiger charge is 2.29. The zero-order valence-electron chi connectivity index (χ0n) is 21.5. The minimum atomic E-state index is 0.138. The quantitative estimate of drug-likeness (QED) is 0.333. The lowest BCUT2D eigenvalue weighted by molar-refractivity contribution is 0.0957. The van der Waals surface area contributed by atoms with Crippen LogP contribution in [0.4, 0.5) is 5.95 Å². The molecule has 4 aromatic rings. The van der Waals surface area contributed by atoms with E-state index in [9.17, 15) is 4.79 Å². The Kier molecular flexibility index (Phi) is 7.10. The molecule has 0 bridgehead atoms. The van der Waals surface area contributed by atoms with Gasteiger partial charge in [-0.25, -0.2) is 9.97 Å². The van der Waals surface area contributed by atoms with Crippen molar-refractivity contribution >= 4 is 17.8 Å². The van der Waals surface area contributed by atoms with Gasteiger partial charge >= 0.3 is 0 Å². The van der Waals surface area contributed by atoms with E-state index in [1.807, 2.05) is 18.2 Å². The van der Waals surface area contributed by atoms with Crippen LogP contribution in [-0.2, 0) is 6.42 Å². The van der Waals surface area contributed by atoms with Gasteiger partial charge in [-0.3, -0.25) is 9.69 Å². The van der Waals surface area contributed by atoms with E-state index in [4.69, 9.17) is 4.98 Å². The molecule has 1 fully saturated rings. The number of benzene rings is 3. The highest BCUT2D eigenvalue weighted by atomic mass is 16.1. The second-order valence-corrected chi connectivity index (χ2v) is 10.1. The summed E-state index contributed by atoms with van der Waals surface area (Å²) >= 11 is 0. The molecule has 6 rings (SSSR count). The molecule has 0 radical (unpaired) electrons. The fourth-order valence-electron chi connectivity index (χ4n) is 5.63. The van der Waals surface area contributed by atoms with Crippen molar-refractivity contribution in [2.24, 2.45) is 5.92 Å². The van der Waals surface area contributed by atoms with Crippen molar-refractivity contribution in [3.05, 3.63) is 131 Å². The maximum absolute atomic E-state index is 12.8. The number of carbonyl (C=O) groups is 1. The largest absolute Gasteiger partial charge is 0.338 e. The van der Waals surface area contributed by atoms with E-state index in [0.29, 0.717) is 12.0 Å². The number of hydrogen-bond acceptors (Lipinski definition) is 5. The Labute approximate surface area is 224 Å². The molecule has 5 heteroatoms. The maximum atomic E-state index is 12.8.